The van der Waals surface area contributed by atoms with Gasteiger partial charge in [-0.2, -0.15) is 0 Å². The molecule has 0 amide bonds. The first-order valence-corrected chi connectivity index (χ1v) is 7.83. The highest BCUT2D eigenvalue weighted by molar-refractivity contribution is 5.71. The summed E-state index contributed by atoms with van der Waals surface area (Å²) < 4.78 is 10.9. The summed E-state index contributed by atoms with van der Waals surface area (Å²) >= 11 is 0. The van der Waals surface area contributed by atoms with Crippen LogP contribution in [-0.4, -0.2) is 68.3 Å². The fraction of sp³-hybridized carbons (Fsp3) is 0.588. The number of hydrogen-bond acceptors (Lipinski definition) is 5. The molecule has 1 atom stereocenters. The van der Waals surface area contributed by atoms with Crippen molar-refractivity contribution in [2.24, 2.45) is 0 Å². The van der Waals surface area contributed by atoms with Gasteiger partial charge in [0.2, 0.25) is 0 Å². The van der Waals surface area contributed by atoms with E-state index in [9.17, 15) is 4.79 Å². The Balaban J connectivity index is 1.69. The second-order valence-corrected chi connectivity index (χ2v) is 5.96. The Bertz CT molecular complexity index is 485. The normalized spacial score (nSPS) is 18.0. The fourth-order valence-corrected chi connectivity index (χ4v) is 2.54. The van der Waals surface area contributed by atoms with E-state index in [1.54, 1.807) is 0 Å². The Morgan fingerprint density at radius 3 is 2.59 bits per heavy atom. The Hall–Kier alpha value is -1.59. The third-order valence-corrected chi connectivity index (χ3v) is 3.88. The molecule has 1 aromatic carbocycles. The van der Waals surface area contributed by atoms with E-state index >= 15 is 0 Å². The second kappa shape index (κ2) is 8.15. The van der Waals surface area contributed by atoms with Gasteiger partial charge in [-0.3, -0.25) is 4.90 Å². The minimum Gasteiger partial charge on any atom is -0.482 e. The average molecular weight is 306 g/mol. The van der Waals surface area contributed by atoms with Crippen molar-refractivity contribution in [3.63, 3.8) is 0 Å². The van der Waals surface area contributed by atoms with Crippen molar-refractivity contribution in [3.05, 3.63) is 29.8 Å². The molecular formula is C17H26N2O3. The van der Waals surface area contributed by atoms with Crippen LogP contribution in [0.1, 0.15) is 12.5 Å². The largest absolute Gasteiger partial charge is 0.482 e. The minimum absolute atomic E-state index is 0.0437. The molecule has 5 heteroatoms. The molecule has 0 radical (unpaired) electrons. The standard InChI is InChI=1S/C17H26N2O3/c1-14-6-4-5-7-16(14)21-13-17(20)22-15(2)12-19-10-8-18(3)9-11-19/h4-7,15H,8-13H2,1-3H3/t15-/m0/s1. The molecule has 0 unspecified atom stereocenters. The van der Waals surface area contributed by atoms with Gasteiger partial charge >= 0.3 is 5.97 Å². The van der Waals surface area contributed by atoms with Crippen LogP contribution in [0.5, 0.6) is 5.75 Å². The zero-order valence-corrected chi connectivity index (χ0v) is 13.7. The molecule has 5 nitrogen and oxygen atoms in total. The fourth-order valence-electron chi connectivity index (χ4n) is 2.54. The van der Waals surface area contributed by atoms with Crippen LogP contribution in [0.2, 0.25) is 0 Å². The lowest BCUT2D eigenvalue weighted by atomic mass is 10.2. The third kappa shape index (κ3) is 5.31. The van der Waals surface area contributed by atoms with Crippen LogP contribution in [0.3, 0.4) is 0 Å². The van der Waals surface area contributed by atoms with Gasteiger partial charge in [0, 0.05) is 32.7 Å². The lowest BCUT2D eigenvalue weighted by Gasteiger charge is -2.33. The molecule has 1 aromatic rings. The summed E-state index contributed by atoms with van der Waals surface area (Å²) in [7, 11) is 2.13. The van der Waals surface area contributed by atoms with Crippen LogP contribution < -0.4 is 4.74 Å². The Labute approximate surface area is 132 Å². The van der Waals surface area contributed by atoms with Crippen LogP contribution in [0, 0.1) is 6.92 Å². The van der Waals surface area contributed by atoms with Gasteiger partial charge in [0.1, 0.15) is 11.9 Å². The number of benzene rings is 1. The van der Waals surface area contributed by atoms with Gasteiger partial charge in [0.15, 0.2) is 6.61 Å². The monoisotopic (exact) mass is 306 g/mol. The van der Waals surface area contributed by atoms with E-state index in [2.05, 4.69) is 16.8 Å². The minimum atomic E-state index is -0.315. The Morgan fingerprint density at radius 1 is 1.23 bits per heavy atom. The molecular weight excluding hydrogens is 280 g/mol. The highest BCUT2D eigenvalue weighted by Gasteiger charge is 2.18. The molecule has 0 saturated carbocycles. The molecule has 0 spiro atoms. The molecule has 0 aliphatic carbocycles. The molecule has 1 heterocycles. The zero-order chi connectivity index (χ0) is 15.9. The Morgan fingerprint density at radius 2 is 1.91 bits per heavy atom. The lowest BCUT2D eigenvalue weighted by molar-refractivity contribution is -0.151. The van der Waals surface area contributed by atoms with Crippen LogP contribution in [0.4, 0.5) is 0 Å². The van der Waals surface area contributed by atoms with E-state index in [0.717, 1.165) is 44.0 Å². The van der Waals surface area contributed by atoms with Gasteiger partial charge in [-0.1, -0.05) is 18.2 Å². The average Bonchev–Trinajstić information content (AvgIpc) is 2.49. The third-order valence-electron chi connectivity index (χ3n) is 3.88. The number of piperazine rings is 1. The summed E-state index contributed by atoms with van der Waals surface area (Å²) in [6.07, 6.45) is -0.114. The van der Waals surface area contributed by atoms with Crippen molar-refractivity contribution >= 4 is 5.97 Å². The molecule has 0 N–H and O–H groups in total. The molecule has 1 fully saturated rings. The number of rotatable bonds is 6. The van der Waals surface area contributed by atoms with Crippen molar-refractivity contribution in [2.45, 2.75) is 20.0 Å². The maximum Gasteiger partial charge on any atom is 0.344 e. The van der Waals surface area contributed by atoms with E-state index in [1.165, 1.54) is 0 Å². The first-order chi connectivity index (χ1) is 10.5. The van der Waals surface area contributed by atoms with Gasteiger partial charge in [-0.15, -0.1) is 0 Å². The summed E-state index contributed by atoms with van der Waals surface area (Å²) in [4.78, 5) is 16.5. The van der Waals surface area contributed by atoms with Gasteiger partial charge < -0.3 is 14.4 Å². The molecule has 1 aliphatic heterocycles. The number of hydrogen-bond donors (Lipinski definition) is 0. The predicted octanol–water partition coefficient (Wildman–Crippen LogP) is 1.55. The predicted molar refractivity (Wildman–Crippen MR) is 86.2 cm³/mol. The van der Waals surface area contributed by atoms with E-state index in [4.69, 9.17) is 9.47 Å². The van der Waals surface area contributed by atoms with Gasteiger partial charge in [-0.25, -0.2) is 4.79 Å². The summed E-state index contributed by atoms with van der Waals surface area (Å²) in [5.41, 5.74) is 1.01. The van der Waals surface area contributed by atoms with Crippen molar-refractivity contribution in [3.8, 4) is 5.75 Å². The number of carbonyl (C=O) groups excluding carboxylic acids is 1. The maximum atomic E-state index is 11.9. The summed E-state index contributed by atoms with van der Waals surface area (Å²) in [5.74, 6) is 0.413. The highest BCUT2D eigenvalue weighted by Crippen LogP contribution is 2.16. The molecule has 0 bridgehead atoms. The first kappa shape index (κ1) is 16.8. The SMILES string of the molecule is Cc1ccccc1OCC(=O)O[C@@H](C)CN1CCN(C)CC1. The second-order valence-electron chi connectivity index (χ2n) is 5.96. The van der Waals surface area contributed by atoms with Crippen molar-refractivity contribution in [1.82, 2.24) is 9.80 Å². The summed E-state index contributed by atoms with van der Waals surface area (Å²) in [6, 6.07) is 7.65. The van der Waals surface area contributed by atoms with Crippen LogP contribution in [0.25, 0.3) is 0 Å². The van der Waals surface area contributed by atoms with Gasteiger partial charge in [-0.05, 0) is 32.5 Å². The summed E-state index contributed by atoms with van der Waals surface area (Å²) in [5, 5.41) is 0. The number of likely N-dealkylation sites (N-methyl/N-ethyl adjacent to an activating group) is 1. The van der Waals surface area contributed by atoms with Crippen LogP contribution in [-0.2, 0) is 9.53 Å². The number of carbonyl (C=O) groups is 1. The lowest BCUT2D eigenvalue weighted by Crippen LogP contribution is -2.47. The molecule has 1 aliphatic rings. The quantitative estimate of drug-likeness (QED) is 0.746. The molecule has 2 rings (SSSR count). The van der Waals surface area contributed by atoms with E-state index in [1.807, 2.05) is 38.1 Å². The molecule has 122 valence electrons. The van der Waals surface area contributed by atoms with Gasteiger partial charge in [0.25, 0.3) is 0 Å². The molecule has 22 heavy (non-hydrogen) atoms. The van der Waals surface area contributed by atoms with Gasteiger partial charge in [0.05, 0.1) is 0 Å². The Kier molecular flexibility index (Phi) is 6.21. The van der Waals surface area contributed by atoms with Crippen molar-refractivity contribution in [1.29, 1.82) is 0 Å². The zero-order valence-electron chi connectivity index (χ0n) is 13.7. The van der Waals surface area contributed by atoms with E-state index in [0.29, 0.717) is 0 Å². The number of ether oxygens (including phenoxy) is 2. The smallest absolute Gasteiger partial charge is 0.344 e. The topological polar surface area (TPSA) is 42.0 Å². The molecule has 0 aromatic heterocycles. The maximum absolute atomic E-state index is 11.9. The van der Waals surface area contributed by atoms with Crippen molar-refractivity contribution < 1.29 is 14.3 Å². The number of para-hydroxylation sites is 1. The van der Waals surface area contributed by atoms with Crippen LogP contribution in [0.15, 0.2) is 24.3 Å². The van der Waals surface area contributed by atoms with E-state index in [-0.39, 0.29) is 18.7 Å². The molecule has 1 saturated heterocycles. The van der Waals surface area contributed by atoms with E-state index < -0.39 is 0 Å². The number of nitrogens with zero attached hydrogens (tertiary/aromatic N) is 2. The summed E-state index contributed by atoms with van der Waals surface area (Å²) in [6.45, 7) is 8.81. The number of aryl methyl sites for hydroxylation is 1. The number of esters is 1. The van der Waals surface area contributed by atoms with Crippen LogP contribution >= 0.6 is 0 Å². The first-order valence-electron chi connectivity index (χ1n) is 7.83. The van der Waals surface area contributed by atoms with Crippen molar-refractivity contribution in [2.75, 3.05) is 46.4 Å². The highest BCUT2D eigenvalue weighted by atomic mass is 16.6.